The molecule has 0 saturated heterocycles. The number of carbonyl (C=O) groups excluding carboxylic acids is 1. The first-order chi connectivity index (χ1) is 8.24. The smallest absolute Gasteiger partial charge is 0.257 e. The van der Waals surface area contributed by atoms with Crippen LogP contribution in [0.5, 0.6) is 5.75 Å². The summed E-state index contributed by atoms with van der Waals surface area (Å²) in [6, 6.07) is 7.66. The van der Waals surface area contributed by atoms with Crippen LogP contribution in [0.25, 0.3) is 0 Å². The average Bonchev–Trinajstić information content (AvgIpc) is 2.34. The molecule has 1 aromatic rings. The number of para-hydroxylation sites is 1. The summed E-state index contributed by atoms with van der Waals surface area (Å²) in [5.74, 6) is 0.706. The molecule has 0 fully saturated rings. The van der Waals surface area contributed by atoms with Gasteiger partial charge in [-0.1, -0.05) is 31.9 Å². The van der Waals surface area contributed by atoms with Gasteiger partial charge >= 0.3 is 0 Å². The topological polar surface area (TPSA) is 38.3 Å². The normalized spacial score (nSPS) is 10.0. The summed E-state index contributed by atoms with van der Waals surface area (Å²) in [5, 5.41) is 2.84. The van der Waals surface area contributed by atoms with E-state index in [1.165, 1.54) is 0 Å². The van der Waals surface area contributed by atoms with Gasteiger partial charge in [0.2, 0.25) is 0 Å². The Morgan fingerprint density at radius 3 is 2.82 bits per heavy atom. The molecule has 0 atom stereocenters. The number of hydrogen-bond donors (Lipinski definition) is 1. The standard InChI is InChI=1S/C13H18INO2/c1-2-3-6-9-15-13(16)10-17-12-8-5-4-7-11(12)14/h4-5,7-8H,2-3,6,9-10H2,1H3,(H,15,16). The van der Waals surface area contributed by atoms with Crippen LogP contribution in [0.3, 0.4) is 0 Å². The summed E-state index contributed by atoms with van der Waals surface area (Å²) in [6.45, 7) is 2.97. The van der Waals surface area contributed by atoms with E-state index < -0.39 is 0 Å². The van der Waals surface area contributed by atoms with E-state index in [9.17, 15) is 4.79 Å². The van der Waals surface area contributed by atoms with Gasteiger partial charge in [-0.2, -0.15) is 0 Å². The van der Waals surface area contributed by atoms with Gasteiger partial charge in [-0.15, -0.1) is 0 Å². The molecule has 0 aliphatic rings. The number of hydrogen-bond acceptors (Lipinski definition) is 2. The van der Waals surface area contributed by atoms with Crippen LogP contribution in [0.1, 0.15) is 26.2 Å². The van der Waals surface area contributed by atoms with Crippen LogP contribution >= 0.6 is 22.6 Å². The lowest BCUT2D eigenvalue weighted by Crippen LogP contribution is -2.29. The zero-order chi connectivity index (χ0) is 12.5. The fraction of sp³-hybridized carbons (Fsp3) is 0.462. The van der Waals surface area contributed by atoms with Crippen LogP contribution < -0.4 is 10.1 Å². The molecule has 0 spiro atoms. The van der Waals surface area contributed by atoms with E-state index in [4.69, 9.17) is 4.74 Å². The molecule has 3 nitrogen and oxygen atoms in total. The summed E-state index contributed by atoms with van der Waals surface area (Å²) in [6.07, 6.45) is 3.34. The van der Waals surface area contributed by atoms with Crippen molar-refractivity contribution in [2.75, 3.05) is 13.2 Å². The van der Waals surface area contributed by atoms with Crippen molar-refractivity contribution in [3.05, 3.63) is 27.8 Å². The molecule has 4 heteroatoms. The fourth-order valence-electron chi connectivity index (χ4n) is 1.36. The van der Waals surface area contributed by atoms with Gasteiger partial charge in [0.05, 0.1) is 3.57 Å². The second kappa shape index (κ2) is 8.33. The number of unbranched alkanes of at least 4 members (excludes halogenated alkanes) is 2. The van der Waals surface area contributed by atoms with Crippen molar-refractivity contribution in [3.8, 4) is 5.75 Å². The van der Waals surface area contributed by atoms with Crippen LogP contribution in [0.2, 0.25) is 0 Å². The molecule has 0 bridgehead atoms. The Kier molecular flexibility index (Phi) is 7.00. The number of rotatable bonds is 7. The highest BCUT2D eigenvalue weighted by Crippen LogP contribution is 2.19. The SMILES string of the molecule is CCCCCNC(=O)COc1ccccc1I. The molecule has 0 radical (unpaired) electrons. The molecule has 94 valence electrons. The van der Waals surface area contributed by atoms with Gasteiger partial charge in [0.25, 0.3) is 5.91 Å². The monoisotopic (exact) mass is 347 g/mol. The third kappa shape index (κ3) is 5.91. The number of halogens is 1. The van der Waals surface area contributed by atoms with Gasteiger partial charge in [-0.25, -0.2) is 0 Å². The van der Waals surface area contributed by atoms with Gasteiger partial charge in [0, 0.05) is 6.54 Å². The molecule has 0 aromatic heterocycles. The largest absolute Gasteiger partial charge is 0.483 e. The number of nitrogens with one attached hydrogen (secondary N) is 1. The van der Waals surface area contributed by atoms with E-state index in [1.54, 1.807) is 0 Å². The van der Waals surface area contributed by atoms with E-state index >= 15 is 0 Å². The van der Waals surface area contributed by atoms with E-state index in [0.717, 1.165) is 35.1 Å². The van der Waals surface area contributed by atoms with Crippen LogP contribution in [-0.4, -0.2) is 19.1 Å². The molecular formula is C13H18INO2. The van der Waals surface area contributed by atoms with Crippen molar-refractivity contribution in [2.24, 2.45) is 0 Å². The van der Waals surface area contributed by atoms with Gasteiger partial charge < -0.3 is 10.1 Å². The summed E-state index contributed by atoms with van der Waals surface area (Å²) < 4.78 is 6.45. The Labute approximate surface area is 116 Å². The maximum atomic E-state index is 11.5. The Bertz CT molecular complexity index is 355. The number of carbonyl (C=O) groups is 1. The van der Waals surface area contributed by atoms with E-state index in [0.29, 0.717) is 0 Å². The minimum atomic E-state index is -0.0549. The molecule has 1 amide bonds. The fourth-order valence-corrected chi connectivity index (χ4v) is 1.90. The second-order valence-corrected chi connectivity index (χ2v) is 4.94. The van der Waals surface area contributed by atoms with Crippen LogP contribution in [0.4, 0.5) is 0 Å². The van der Waals surface area contributed by atoms with Crippen molar-refractivity contribution in [3.63, 3.8) is 0 Å². The molecule has 0 aliphatic carbocycles. The van der Waals surface area contributed by atoms with Crippen LogP contribution in [0, 0.1) is 3.57 Å². The zero-order valence-electron chi connectivity index (χ0n) is 10.0. The number of amides is 1. The zero-order valence-corrected chi connectivity index (χ0v) is 12.2. The van der Waals surface area contributed by atoms with E-state index in [2.05, 4.69) is 34.8 Å². The predicted octanol–water partition coefficient (Wildman–Crippen LogP) is 2.98. The molecule has 0 saturated carbocycles. The van der Waals surface area contributed by atoms with Gasteiger partial charge in [0.1, 0.15) is 5.75 Å². The first-order valence-corrected chi connectivity index (χ1v) is 6.96. The van der Waals surface area contributed by atoms with Crippen LogP contribution in [-0.2, 0) is 4.79 Å². The Morgan fingerprint density at radius 2 is 2.12 bits per heavy atom. The van der Waals surface area contributed by atoms with E-state index in [-0.39, 0.29) is 12.5 Å². The lowest BCUT2D eigenvalue weighted by molar-refractivity contribution is -0.123. The lowest BCUT2D eigenvalue weighted by Gasteiger charge is -2.08. The molecule has 0 unspecified atom stereocenters. The quantitative estimate of drug-likeness (QED) is 0.608. The van der Waals surface area contributed by atoms with Crippen molar-refractivity contribution in [1.29, 1.82) is 0 Å². The van der Waals surface area contributed by atoms with Gasteiger partial charge in [-0.3, -0.25) is 4.79 Å². The van der Waals surface area contributed by atoms with Crippen molar-refractivity contribution in [1.82, 2.24) is 5.32 Å². The average molecular weight is 347 g/mol. The third-order valence-electron chi connectivity index (χ3n) is 2.30. The Morgan fingerprint density at radius 1 is 1.35 bits per heavy atom. The highest BCUT2D eigenvalue weighted by molar-refractivity contribution is 14.1. The highest BCUT2D eigenvalue weighted by Gasteiger charge is 2.03. The van der Waals surface area contributed by atoms with E-state index in [1.807, 2.05) is 24.3 Å². The second-order valence-electron chi connectivity index (χ2n) is 3.78. The van der Waals surface area contributed by atoms with Crippen molar-refractivity contribution < 1.29 is 9.53 Å². The highest BCUT2D eigenvalue weighted by atomic mass is 127. The molecule has 17 heavy (non-hydrogen) atoms. The predicted molar refractivity (Wildman–Crippen MR) is 77.2 cm³/mol. The maximum absolute atomic E-state index is 11.5. The number of benzene rings is 1. The first-order valence-electron chi connectivity index (χ1n) is 5.88. The summed E-state index contributed by atoms with van der Waals surface area (Å²) in [4.78, 5) is 11.5. The minimum absolute atomic E-state index is 0.0549. The molecule has 1 aromatic carbocycles. The van der Waals surface area contributed by atoms with Gasteiger partial charge in [-0.05, 0) is 41.1 Å². The van der Waals surface area contributed by atoms with Gasteiger partial charge in [0.15, 0.2) is 6.61 Å². The summed E-state index contributed by atoms with van der Waals surface area (Å²) in [7, 11) is 0. The lowest BCUT2D eigenvalue weighted by atomic mass is 10.2. The number of ether oxygens (including phenoxy) is 1. The summed E-state index contributed by atoms with van der Waals surface area (Å²) >= 11 is 2.19. The minimum Gasteiger partial charge on any atom is -0.483 e. The Balaban J connectivity index is 2.22. The molecular weight excluding hydrogens is 329 g/mol. The Hall–Kier alpha value is -0.780. The molecule has 1 rings (SSSR count). The van der Waals surface area contributed by atoms with Crippen molar-refractivity contribution in [2.45, 2.75) is 26.2 Å². The van der Waals surface area contributed by atoms with Crippen LogP contribution in [0.15, 0.2) is 24.3 Å². The molecule has 0 aliphatic heterocycles. The molecule has 1 N–H and O–H groups in total. The third-order valence-corrected chi connectivity index (χ3v) is 3.19. The van der Waals surface area contributed by atoms with Crippen molar-refractivity contribution >= 4 is 28.5 Å². The molecule has 0 heterocycles. The first kappa shape index (κ1) is 14.3. The summed E-state index contributed by atoms with van der Waals surface area (Å²) in [5.41, 5.74) is 0. The maximum Gasteiger partial charge on any atom is 0.257 e.